The lowest BCUT2D eigenvalue weighted by Crippen LogP contribution is -2.60. The summed E-state index contributed by atoms with van der Waals surface area (Å²) in [5, 5.41) is 54.3. The monoisotopic (exact) mass is 876 g/mol. The van der Waals surface area contributed by atoms with E-state index in [9.17, 15) is 30.3 Å². The summed E-state index contributed by atoms with van der Waals surface area (Å²) < 4.78 is 11.2. The molecule has 0 saturated carbocycles. The van der Waals surface area contributed by atoms with Crippen LogP contribution in [-0.2, 0) is 14.3 Å². The minimum absolute atomic E-state index is 0.200. The number of unbranched alkanes of at least 4 members (excludes halogenated alkanes) is 27. The van der Waals surface area contributed by atoms with Crippen molar-refractivity contribution in [1.82, 2.24) is 5.32 Å². The van der Waals surface area contributed by atoms with Crippen molar-refractivity contribution in [3.05, 3.63) is 48.6 Å². The van der Waals surface area contributed by atoms with Crippen LogP contribution in [0, 0.1) is 0 Å². The van der Waals surface area contributed by atoms with E-state index in [0.717, 1.165) is 64.2 Å². The number of hydrogen-bond acceptors (Lipinski definition) is 8. The van der Waals surface area contributed by atoms with E-state index in [2.05, 4.69) is 55.6 Å². The second-order valence-corrected chi connectivity index (χ2v) is 17.9. The Morgan fingerprint density at radius 3 is 1.35 bits per heavy atom. The zero-order valence-corrected chi connectivity index (χ0v) is 39.9. The normalized spacial score (nSPS) is 20.7. The fourth-order valence-corrected chi connectivity index (χ4v) is 7.95. The minimum Gasteiger partial charge on any atom is -0.394 e. The fourth-order valence-electron chi connectivity index (χ4n) is 7.95. The van der Waals surface area contributed by atoms with Gasteiger partial charge in [-0.3, -0.25) is 4.79 Å². The predicted molar refractivity (Wildman–Crippen MR) is 258 cm³/mol. The standard InChI is InChI=1S/C53H97NO8/c1-3-5-7-9-11-13-15-17-19-20-21-22-23-24-25-26-27-29-30-32-34-36-38-40-42-47(56)46(45-61-53-52(60)51(59)50(58)48(44-55)62-53)54-49(57)43-41-39-37-35-33-31-28-18-16-14-12-10-8-6-4-2/h18,26-28,32,34,40,42,46-48,50-53,55-56,58-60H,3-17,19-25,29-31,33,35-39,41,43-45H2,1-2H3,(H,54,57)/b27-26+,28-18-,34-32+,42-40+. The molecule has 362 valence electrons. The second kappa shape index (κ2) is 43.1. The van der Waals surface area contributed by atoms with Crippen LogP contribution in [0.1, 0.15) is 226 Å². The Bertz CT molecular complexity index is 1110. The lowest BCUT2D eigenvalue weighted by atomic mass is 9.99. The van der Waals surface area contributed by atoms with E-state index in [1.807, 2.05) is 6.08 Å². The van der Waals surface area contributed by atoms with E-state index >= 15 is 0 Å². The van der Waals surface area contributed by atoms with E-state index in [-0.39, 0.29) is 12.5 Å². The molecule has 0 bridgehead atoms. The molecule has 0 aromatic rings. The first-order chi connectivity index (χ1) is 30.3. The molecule has 1 fully saturated rings. The van der Waals surface area contributed by atoms with Crippen molar-refractivity contribution in [2.45, 2.75) is 269 Å². The molecule has 62 heavy (non-hydrogen) atoms. The molecule has 0 aromatic heterocycles. The van der Waals surface area contributed by atoms with Crippen LogP contribution in [0.4, 0.5) is 0 Å². The Labute approximate surface area is 380 Å². The van der Waals surface area contributed by atoms with Gasteiger partial charge in [0.15, 0.2) is 6.29 Å². The van der Waals surface area contributed by atoms with Crippen LogP contribution in [0.15, 0.2) is 48.6 Å². The highest BCUT2D eigenvalue weighted by molar-refractivity contribution is 5.76. The smallest absolute Gasteiger partial charge is 0.220 e. The van der Waals surface area contributed by atoms with Crippen molar-refractivity contribution in [2.75, 3.05) is 13.2 Å². The summed E-state index contributed by atoms with van der Waals surface area (Å²) in [7, 11) is 0. The van der Waals surface area contributed by atoms with Crippen LogP contribution in [-0.4, -0.2) is 87.5 Å². The van der Waals surface area contributed by atoms with E-state index < -0.39 is 49.5 Å². The molecule has 1 aliphatic rings. The van der Waals surface area contributed by atoms with Crippen molar-refractivity contribution >= 4 is 5.91 Å². The maximum absolute atomic E-state index is 13.0. The molecule has 0 radical (unpaired) electrons. The van der Waals surface area contributed by atoms with Gasteiger partial charge in [0, 0.05) is 6.42 Å². The quantitative estimate of drug-likeness (QED) is 0.0262. The van der Waals surface area contributed by atoms with Crippen LogP contribution in [0.5, 0.6) is 0 Å². The van der Waals surface area contributed by atoms with Gasteiger partial charge in [-0.25, -0.2) is 0 Å². The zero-order chi connectivity index (χ0) is 45.1. The van der Waals surface area contributed by atoms with Gasteiger partial charge in [-0.2, -0.15) is 0 Å². The maximum atomic E-state index is 13.0. The van der Waals surface area contributed by atoms with Crippen molar-refractivity contribution in [3.63, 3.8) is 0 Å². The molecule has 1 heterocycles. The largest absolute Gasteiger partial charge is 0.394 e. The van der Waals surface area contributed by atoms with Gasteiger partial charge in [0.25, 0.3) is 0 Å². The van der Waals surface area contributed by atoms with Crippen molar-refractivity contribution in [1.29, 1.82) is 0 Å². The Morgan fingerprint density at radius 1 is 0.532 bits per heavy atom. The molecule has 0 aliphatic carbocycles. The molecule has 1 aliphatic heterocycles. The summed E-state index contributed by atoms with van der Waals surface area (Å²) in [6.07, 6.45) is 48.8. The summed E-state index contributed by atoms with van der Waals surface area (Å²) >= 11 is 0. The average molecular weight is 876 g/mol. The highest BCUT2D eigenvalue weighted by Crippen LogP contribution is 2.23. The minimum atomic E-state index is -1.58. The number of carbonyl (C=O) groups is 1. The third-order valence-corrected chi connectivity index (χ3v) is 12.1. The van der Waals surface area contributed by atoms with E-state index in [1.54, 1.807) is 6.08 Å². The van der Waals surface area contributed by atoms with Gasteiger partial charge >= 0.3 is 0 Å². The summed E-state index contributed by atoms with van der Waals surface area (Å²) in [4.78, 5) is 13.0. The summed E-state index contributed by atoms with van der Waals surface area (Å²) in [5.41, 5.74) is 0. The van der Waals surface area contributed by atoms with Crippen LogP contribution >= 0.6 is 0 Å². The van der Waals surface area contributed by atoms with Crippen LogP contribution < -0.4 is 5.32 Å². The number of nitrogens with one attached hydrogen (secondary N) is 1. The molecule has 9 heteroatoms. The first-order valence-corrected chi connectivity index (χ1v) is 25.9. The third kappa shape index (κ3) is 32.8. The van der Waals surface area contributed by atoms with Gasteiger partial charge in [-0.05, 0) is 70.6 Å². The Kier molecular flexibility index (Phi) is 40.4. The van der Waals surface area contributed by atoms with Crippen molar-refractivity contribution < 1.29 is 39.8 Å². The number of aliphatic hydroxyl groups is 5. The first-order valence-electron chi connectivity index (χ1n) is 25.9. The zero-order valence-electron chi connectivity index (χ0n) is 39.9. The lowest BCUT2D eigenvalue weighted by Gasteiger charge is -2.40. The first kappa shape index (κ1) is 58.2. The number of ether oxygens (including phenoxy) is 2. The molecular weight excluding hydrogens is 779 g/mol. The summed E-state index contributed by atoms with van der Waals surface area (Å²) in [6.45, 7) is 3.75. The number of aliphatic hydroxyl groups excluding tert-OH is 5. The molecule has 7 unspecified atom stereocenters. The predicted octanol–water partition coefficient (Wildman–Crippen LogP) is 11.8. The fraction of sp³-hybridized carbons (Fsp3) is 0.830. The SMILES string of the molecule is CCCCCCCC/C=C\CCCCCCCC(=O)NC(COC1OC(CO)C(O)C(O)C1O)C(O)/C=C/CC/C=C/CC/C=C/CCCCCCCCCCCCCCCC. The van der Waals surface area contributed by atoms with Gasteiger partial charge in [0.05, 0.1) is 25.4 Å². The highest BCUT2D eigenvalue weighted by atomic mass is 16.7. The summed E-state index contributed by atoms with van der Waals surface area (Å²) in [5.74, 6) is -0.200. The van der Waals surface area contributed by atoms with Gasteiger partial charge in [0.2, 0.25) is 5.91 Å². The highest BCUT2D eigenvalue weighted by Gasteiger charge is 2.44. The van der Waals surface area contributed by atoms with Crippen molar-refractivity contribution in [2.24, 2.45) is 0 Å². The Hall–Kier alpha value is -1.85. The summed E-state index contributed by atoms with van der Waals surface area (Å²) in [6, 6.07) is -0.832. The number of hydrogen-bond donors (Lipinski definition) is 6. The number of rotatable bonds is 43. The second-order valence-electron chi connectivity index (χ2n) is 17.9. The number of carbonyl (C=O) groups excluding carboxylic acids is 1. The molecule has 6 N–H and O–H groups in total. The van der Waals surface area contributed by atoms with E-state index in [1.165, 1.54) is 141 Å². The Morgan fingerprint density at radius 2 is 0.919 bits per heavy atom. The van der Waals surface area contributed by atoms with Gasteiger partial charge in [-0.1, -0.05) is 197 Å². The average Bonchev–Trinajstić information content (AvgIpc) is 3.27. The van der Waals surface area contributed by atoms with Crippen LogP contribution in [0.2, 0.25) is 0 Å². The van der Waals surface area contributed by atoms with E-state index in [4.69, 9.17) is 9.47 Å². The number of amides is 1. The lowest BCUT2D eigenvalue weighted by molar-refractivity contribution is -0.302. The topological polar surface area (TPSA) is 149 Å². The molecule has 0 spiro atoms. The third-order valence-electron chi connectivity index (χ3n) is 12.1. The van der Waals surface area contributed by atoms with Crippen LogP contribution in [0.25, 0.3) is 0 Å². The Balaban J connectivity index is 2.33. The van der Waals surface area contributed by atoms with Gasteiger partial charge < -0.3 is 40.3 Å². The molecular formula is C53H97NO8. The number of allylic oxidation sites excluding steroid dienone is 7. The molecule has 1 rings (SSSR count). The van der Waals surface area contributed by atoms with Crippen LogP contribution in [0.3, 0.4) is 0 Å². The van der Waals surface area contributed by atoms with Gasteiger partial charge in [0.1, 0.15) is 24.4 Å². The van der Waals surface area contributed by atoms with Crippen molar-refractivity contribution in [3.8, 4) is 0 Å². The molecule has 7 atom stereocenters. The molecule has 9 nitrogen and oxygen atoms in total. The molecule has 0 aromatic carbocycles. The van der Waals surface area contributed by atoms with E-state index in [0.29, 0.717) is 6.42 Å². The molecule has 1 saturated heterocycles. The maximum Gasteiger partial charge on any atom is 0.220 e. The molecule has 1 amide bonds. The van der Waals surface area contributed by atoms with Gasteiger partial charge in [-0.15, -0.1) is 0 Å².